The van der Waals surface area contributed by atoms with Crippen LogP contribution in [0.5, 0.6) is 0 Å². The molecule has 0 aliphatic rings. The summed E-state index contributed by atoms with van der Waals surface area (Å²) in [5, 5.41) is 14.9. The molecular weight excluding hydrogens is 252 g/mol. The molecule has 92 valence electrons. The maximum Gasteiger partial charge on any atom is 0.263 e. The van der Waals surface area contributed by atoms with Crippen LogP contribution >= 0.6 is 0 Å². The summed E-state index contributed by atoms with van der Waals surface area (Å²) in [6, 6.07) is 7.83. The zero-order valence-corrected chi connectivity index (χ0v) is 10.3. The number of benzene rings is 1. The predicted molar refractivity (Wildman–Crippen MR) is 65.3 cm³/mol. The molecule has 0 saturated heterocycles. The number of hydrogen-bond donors (Lipinski definition) is 2. The van der Waals surface area contributed by atoms with Crippen LogP contribution in [-0.4, -0.2) is 18.6 Å². The Hall–Kier alpha value is -2.33. The van der Waals surface area contributed by atoms with Crippen molar-refractivity contribution in [2.45, 2.75) is 11.8 Å². The summed E-state index contributed by atoms with van der Waals surface area (Å²) < 4.78 is 26.4. The number of nitriles is 1. The normalized spacial score (nSPS) is 10.9. The second-order valence-corrected chi connectivity index (χ2v) is 5.35. The van der Waals surface area contributed by atoms with Crippen molar-refractivity contribution >= 4 is 15.8 Å². The number of nitrogens with one attached hydrogen (secondary N) is 2. The highest BCUT2D eigenvalue weighted by Gasteiger charge is 2.15. The van der Waals surface area contributed by atoms with Gasteiger partial charge in [0.05, 0.1) is 22.7 Å². The third-order valence-electron chi connectivity index (χ3n) is 2.37. The molecule has 0 aliphatic heterocycles. The molecule has 1 aromatic heterocycles. The number of aromatic amines is 1. The number of aryl methyl sites for hydroxylation is 1. The standard InChI is InChI=1S/C11H10N4O2S/c1-8-6-10(3-2-9(8)7-12)18(16,17)15-11-4-5-13-14-11/h2-6H,1H3,(H2,13,14,15). The van der Waals surface area contributed by atoms with Gasteiger partial charge in [0.15, 0.2) is 0 Å². The molecule has 0 fully saturated rings. The molecule has 0 bridgehead atoms. The van der Waals surface area contributed by atoms with Crippen LogP contribution < -0.4 is 4.72 Å². The molecule has 0 spiro atoms. The quantitative estimate of drug-likeness (QED) is 0.873. The molecular formula is C11H10N4O2S. The summed E-state index contributed by atoms with van der Waals surface area (Å²) in [6.45, 7) is 1.69. The molecule has 0 atom stereocenters. The summed E-state index contributed by atoms with van der Waals surface area (Å²) >= 11 is 0. The molecule has 0 saturated carbocycles. The Morgan fingerprint density at radius 2 is 2.17 bits per heavy atom. The molecule has 6 nitrogen and oxygen atoms in total. The van der Waals surface area contributed by atoms with E-state index in [-0.39, 0.29) is 10.7 Å². The Kier molecular flexibility index (Phi) is 3.04. The van der Waals surface area contributed by atoms with E-state index in [2.05, 4.69) is 14.9 Å². The average Bonchev–Trinajstić information content (AvgIpc) is 2.81. The number of rotatable bonds is 3. The van der Waals surface area contributed by atoms with Crippen molar-refractivity contribution in [3.63, 3.8) is 0 Å². The summed E-state index contributed by atoms with van der Waals surface area (Å²) in [5.41, 5.74) is 1.07. The van der Waals surface area contributed by atoms with Crippen molar-refractivity contribution in [2.75, 3.05) is 4.72 Å². The van der Waals surface area contributed by atoms with E-state index in [1.807, 2.05) is 6.07 Å². The van der Waals surface area contributed by atoms with Crippen molar-refractivity contribution < 1.29 is 8.42 Å². The lowest BCUT2D eigenvalue weighted by Gasteiger charge is -2.07. The van der Waals surface area contributed by atoms with E-state index in [4.69, 9.17) is 5.26 Å². The average molecular weight is 262 g/mol. The molecule has 7 heteroatoms. The van der Waals surface area contributed by atoms with Crippen molar-refractivity contribution in [3.8, 4) is 6.07 Å². The molecule has 1 heterocycles. The molecule has 18 heavy (non-hydrogen) atoms. The third kappa shape index (κ3) is 2.33. The lowest BCUT2D eigenvalue weighted by molar-refractivity contribution is 0.601. The third-order valence-corrected chi connectivity index (χ3v) is 3.74. The monoisotopic (exact) mass is 262 g/mol. The van der Waals surface area contributed by atoms with Gasteiger partial charge >= 0.3 is 0 Å². The molecule has 0 unspecified atom stereocenters. The Labute approximate surface area is 104 Å². The van der Waals surface area contributed by atoms with E-state index in [9.17, 15) is 8.42 Å². The molecule has 0 aliphatic carbocycles. The van der Waals surface area contributed by atoms with Gasteiger partial charge in [-0.2, -0.15) is 10.4 Å². The molecule has 2 rings (SSSR count). The van der Waals surface area contributed by atoms with E-state index in [0.717, 1.165) is 0 Å². The summed E-state index contributed by atoms with van der Waals surface area (Å²) in [7, 11) is -3.66. The van der Waals surface area contributed by atoms with Crippen molar-refractivity contribution in [2.24, 2.45) is 0 Å². The maximum absolute atomic E-state index is 12.0. The lowest BCUT2D eigenvalue weighted by Crippen LogP contribution is -2.13. The second kappa shape index (κ2) is 4.50. The molecule has 2 aromatic rings. The van der Waals surface area contributed by atoms with E-state index >= 15 is 0 Å². The van der Waals surface area contributed by atoms with Gasteiger partial charge in [0.25, 0.3) is 10.0 Å². The molecule has 0 radical (unpaired) electrons. The first-order chi connectivity index (χ1) is 8.53. The summed E-state index contributed by atoms with van der Waals surface area (Å²) in [6.07, 6.45) is 1.45. The van der Waals surface area contributed by atoms with Gasteiger partial charge in [-0.15, -0.1) is 0 Å². The van der Waals surface area contributed by atoms with Gasteiger partial charge in [-0.05, 0) is 30.7 Å². The fourth-order valence-corrected chi connectivity index (χ4v) is 2.55. The SMILES string of the molecule is Cc1cc(S(=O)(=O)Nc2ccn[nH]2)ccc1C#N. The summed E-state index contributed by atoms with van der Waals surface area (Å²) in [4.78, 5) is 0.105. The Bertz CT molecular complexity index is 699. The first-order valence-electron chi connectivity index (χ1n) is 5.06. The van der Waals surface area contributed by atoms with Crippen molar-refractivity contribution in [3.05, 3.63) is 41.6 Å². The van der Waals surface area contributed by atoms with Crippen LogP contribution in [0.3, 0.4) is 0 Å². The number of sulfonamides is 1. The van der Waals surface area contributed by atoms with Crippen LogP contribution in [0.4, 0.5) is 5.82 Å². The van der Waals surface area contributed by atoms with E-state index in [0.29, 0.717) is 11.1 Å². The van der Waals surface area contributed by atoms with Crippen LogP contribution in [0.2, 0.25) is 0 Å². The van der Waals surface area contributed by atoms with Gasteiger partial charge < -0.3 is 0 Å². The maximum atomic E-state index is 12.0. The number of anilines is 1. The van der Waals surface area contributed by atoms with Gasteiger partial charge in [0.1, 0.15) is 5.82 Å². The van der Waals surface area contributed by atoms with Gasteiger partial charge in [-0.25, -0.2) is 8.42 Å². The van der Waals surface area contributed by atoms with Crippen molar-refractivity contribution in [1.29, 1.82) is 5.26 Å². The highest BCUT2D eigenvalue weighted by atomic mass is 32.2. The number of hydrogen-bond acceptors (Lipinski definition) is 4. The minimum Gasteiger partial charge on any atom is -0.264 e. The minimum atomic E-state index is -3.66. The van der Waals surface area contributed by atoms with Crippen LogP contribution in [0.1, 0.15) is 11.1 Å². The Morgan fingerprint density at radius 3 is 2.72 bits per heavy atom. The number of aromatic nitrogens is 2. The van der Waals surface area contributed by atoms with Crippen LogP contribution in [0.25, 0.3) is 0 Å². The van der Waals surface area contributed by atoms with Gasteiger partial charge in [0.2, 0.25) is 0 Å². The fraction of sp³-hybridized carbons (Fsp3) is 0.0909. The topological polar surface area (TPSA) is 98.6 Å². The van der Waals surface area contributed by atoms with Gasteiger partial charge in [-0.1, -0.05) is 0 Å². The van der Waals surface area contributed by atoms with E-state index in [1.165, 1.54) is 30.5 Å². The van der Waals surface area contributed by atoms with E-state index in [1.54, 1.807) is 6.92 Å². The Balaban J connectivity index is 2.36. The highest BCUT2D eigenvalue weighted by Crippen LogP contribution is 2.17. The number of nitrogens with zero attached hydrogens (tertiary/aromatic N) is 2. The smallest absolute Gasteiger partial charge is 0.263 e. The molecule has 0 amide bonds. The first-order valence-corrected chi connectivity index (χ1v) is 6.54. The van der Waals surface area contributed by atoms with Crippen LogP contribution in [-0.2, 0) is 10.0 Å². The summed E-state index contributed by atoms with van der Waals surface area (Å²) in [5.74, 6) is 0.289. The van der Waals surface area contributed by atoms with Crippen LogP contribution in [0.15, 0.2) is 35.4 Å². The van der Waals surface area contributed by atoms with E-state index < -0.39 is 10.0 Å². The predicted octanol–water partition coefficient (Wildman–Crippen LogP) is 1.39. The van der Waals surface area contributed by atoms with Crippen LogP contribution in [0, 0.1) is 18.3 Å². The molecule has 1 aromatic carbocycles. The number of H-pyrrole nitrogens is 1. The first kappa shape index (κ1) is 12.1. The zero-order chi connectivity index (χ0) is 13.2. The highest BCUT2D eigenvalue weighted by molar-refractivity contribution is 7.92. The largest absolute Gasteiger partial charge is 0.264 e. The fourth-order valence-electron chi connectivity index (χ4n) is 1.45. The Morgan fingerprint density at radius 1 is 1.39 bits per heavy atom. The second-order valence-electron chi connectivity index (χ2n) is 3.66. The lowest BCUT2D eigenvalue weighted by atomic mass is 10.1. The zero-order valence-electron chi connectivity index (χ0n) is 9.51. The van der Waals surface area contributed by atoms with Gasteiger partial charge in [0, 0.05) is 6.07 Å². The van der Waals surface area contributed by atoms with Crippen molar-refractivity contribution in [1.82, 2.24) is 10.2 Å². The van der Waals surface area contributed by atoms with Gasteiger partial charge in [-0.3, -0.25) is 9.82 Å². The minimum absolute atomic E-state index is 0.105. The molecule has 2 N–H and O–H groups in total.